The zero-order chi connectivity index (χ0) is 12.4. The van der Waals surface area contributed by atoms with Gasteiger partial charge in [-0.25, -0.2) is 4.79 Å². The van der Waals surface area contributed by atoms with Crippen LogP contribution in [0.5, 0.6) is 0 Å². The Morgan fingerprint density at radius 3 is 2.59 bits per heavy atom. The SMILES string of the molecule is O=C(O)c1ccc(-n2ccc([N+](=O)[O-])n2)nn1. The number of nitro groups is 1. The summed E-state index contributed by atoms with van der Waals surface area (Å²) in [6.07, 6.45) is 1.34. The molecule has 0 spiro atoms. The first-order chi connectivity index (χ1) is 8.08. The maximum absolute atomic E-state index is 10.5. The number of aromatic nitrogens is 4. The number of hydrogen-bond acceptors (Lipinski definition) is 6. The van der Waals surface area contributed by atoms with Gasteiger partial charge in [-0.1, -0.05) is 0 Å². The predicted octanol–water partition coefficient (Wildman–Crippen LogP) is 0.269. The first kappa shape index (κ1) is 10.7. The quantitative estimate of drug-likeness (QED) is 0.597. The topological polar surface area (TPSA) is 124 Å². The molecule has 0 unspecified atom stereocenters. The molecule has 17 heavy (non-hydrogen) atoms. The maximum Gasteiger partial charge on any atom is 0.390 e. The lowest BCUT2D eigenvalue weighted by atomic mass is 10.4. The van der Waals surface area contributed by atoms with Gasteiger partial charge in [0.2, 0.25) is 0 Å². The minimum absolute atomic E-state index is 0.197. The highest BCUT2D eigenvalue weighted by atomic mass is 16.6. The Hall–Kier alpha value is -2.84. The number of carbonyl (C=O) groups is 1. The van der Waals surface area contributed by atoms with Crippen LogP contribution in [0.1, 0.15) is 10.5 Å². The van der Waals surface area contributed by atoms with Crippen molar-refractivity contribution in [1.29, 1.82) is 0 Å². The number of carboxylic acids is 1. The largest absolute Gasteiger partial charge is 0.476 e. The van der Waals surface area contributed by atoms with Crippen molar-refractivity contribution in [3.8, 4) is 5.82 Å². The number of aromatic carboxylic acids is 1. The standard InChI is InChI=1S/C8H5N5O4/c14-8(15)5-1-2-6(10-9-5)12-4-3-7(11-12)13(16)17/h1-4H,(H,14,15). The van der Waals surface area contributed by atoms with E-state index in [-0.39, 0.29) is 17.3 Å². The summed E-state index contributed by atoms with van der Waals surface area (Å²) in [5.74, 6) is -1.33. The molecule has 0 aromatic carbocycles. The summed E-state index contributed by atoms with van der Waals surface area (Å²) in [6.45, 7) is 0. The second-order valence-electron chi connectivity index (χ2n) is 2.96. The Morgan fingerprint density at radius 2 is 2.12 bits per heavy atom. The lowest BCUT2D eigenvalue weighted by molar-refractivity contribution is -0.389. The normalized spacial score (nSPS) is 10.1. The van der Waals surface area contributed by atoms with Crippen molar-refractivity contribution in [2.24, 2.45) is 0 Å². The van der Waals surface area contributed by atoms with Gasteiger partial charge in [-0.2, -0.15) is 0 Å². The van der Waals surface area contributed by atoms with Gasteiger partial charge in [0.1, 0.15) is 0 Å². The monoisotopic (exact) mass is 235 g/mol. The summed E-state index contributed by atoms with van der Waals surface area (Å²) in [7, 11) is 0. The summed E-state index contributed by atoms with van der Waals surface area (Å²) >= 11 is 0. The summed E-state index contributed by atoms with van der Waals surface area (Å²) in [6, 6.07) is 3.79. The summed E-state index contributed by atoms with van der Waals surface area (Å²) in [4.78, 5) is 20.3. The molecule has 0 bridgehead atoms. The fourth-order valence-electron chi connectivity index (χ4n) is 1.10. The second-order valence-corrected chi connectivity index (χ2v) is 2.96. The van der Waals surface area contributed by atoms with Crippen LogP contribution in [0.15, 0.2) is 24.4 Å². The minimum atomic E-state index is -1.20. The van der Waals surface area contributed by atoms with Crippen molar-refractivity contribution < 1.29 is 14.8 Å². The third-order valence-electron chi connectivity index (χ3n) is 1.87. The third kappa shape index (κ3) is 2.07. The molecule has 0 aliphatic heterocycles. The lowest BCUT2D eigenvalue weighted by Crippen LogP contribution is -2.06. The Labute approximate surface area is 93.5 Å². The van der Waals surface area contributed by atoms with Gasteiger partial charge in [0.05, 0.1) is 17.4 Å². The number of hydrogen-bond donors (Lipinski definition) is 1. The van der Waals surface area contributed by atoms with E-state index in [2.05, 4.69) is 15.3 Å². The van der Waals surface area contributed by atoms with Crippen LogP contribution in [0.25, 0.3) is 5.82 Å². The Morgan fingerprint density at radius 1 is 1.35 bits per heavy atom. The molecular formula is C8H5N5O4. The van der Waals surface area contributed by atoms with E-state index in [1.165, 1.54) is 24.4 Å². The Kier molecular flexibility index (Phi) is 2.49. The summed E-state index contributed by atoms with van der Waals surface area (Å²) in [5.41, 5.74) is -0.213. The molecule has 2 heterocycles. The van der Waals surface area contributed by atoms with Gasteiger partial charge in [0, 0.05) is 0 Å². The fourth-order valence-corrected chi connectivity index (χ4v) is 1.10. The van der Waals surface area contributed by atoms with Gasteiger partial charge in [0.25, 0.3) is 0 Å². The van der Waals surface area contributed by atoms with Gasteiger partial charge in [0.15, 0.2) is 11.5 Å². The van der Waals surface area contributed by atoms with Crippen molar-refractivity contribution in [3.05, 3.63) is 40.2 Å². The maximum atomic E-state index is 10.5. The van der Waals surface area contributed by atoms with Gasteiger partial charge in [-0.05, 0) is 17.1 Å². The zero-order valence-electron chi connectivity index (χ0n) is 8.22. The molecule has 86 valence electrons. The fraction of sp³-hybridized carbons (Fsp3) is 0. The molecule has 0 atom stereocenters. The van der Waals surface area contributed by atoms with E-state index in [1.807, 2.05) is 0 Å². The number of rotatable bonds is 3. The highest BCUT2D eigenvalue weighted by Gasteiger charge is 2.14. The van der Waals surface area contributed by atoms with E-state index in [1.54, 1.807) is 0 Å². The highest BCUT2D eigenvalue weighted by molar-refractivity contribution is 5.85. The minimum Gasteiger partial charge on any atom is -0.476 e. The van der Waals surface area contributed by atoms with Gasteiger partial charge >= 0.3 is 11.8 Å². The molecular weight excluding hydrogens is 230 g/mol. The van der Waals surface area contributed by atoms with Crippen molar-refractivity contribution in [2.45, 2.75) is 0 Å². The summed E-state index contributed by atoms with van der Waals surface area (Å²) in [5, 5.41) is 29.7. The van der Waals surface area contributed by atoms with Crippen LogP contribution >= 0.6 is 0 Å². The van der Waals surface area contributed by atoms with Crippen LogP contribution in [0.3, 0.4) is 0 Å². The number of nitrogens with zero attached hydrogens (tertiary/aromatic N) is 5. The molecule has 2 rings (SSSR count). The Bertz CT molecular complexity index is 576. The Balaban J connectivity index is 2.33. The first-order valence-electron chi connectivity index (χ1n) is 4.35. The molecule has 0 aliphatic carbocycles. The van der Waals surface area contributed by atoms with E-state index in [0.717, 1.165) is 4.68 Å². The molecule has 0 amide bonds. The van der Waals surface area contributed by atoms with E-state index in [9.17, 15) is 14.9 Å². The molecule has 9 nitrogen and oxygen atoms in total. The number of carboxylic acid groups (broad SMARTS) is 1. The molecule has 2 aromatic heterocycles. The highest BCUT2D eigenvalue weighted by Crippen LogP contribution is 2.09. The van der Waals surface area contributed by atoms with Crippen LogP contribution in [0.2, 0.25) is 0 Å². The van der Waals surface area contributed by atoms with Crippen molar-refractivity contribution in [2.75, 3.05) is 0 Å². The van der Waals surface area contributed by atoms with E-state index in [0.29, 0.717) is 0 Å². The molecule has 0 radical (unpaired) electrons. The smallest absolute Gasteiger partial charge is 0.390 e. The van der Waals surface area contributed by atoms with Crippen LogP contribution in [-0.2, 0) is 0 Å². The molecule has 0 saturated heterocycles. The molecule has 9 heteroatoms. The van der Waals surface area contributed by atoms with Crippen molar-refractivity contribution >= 4 is 11.8 Å². The van der Waals surface area contributed by atoms with E-state index >= 15 is 0 Å². The molecule has 2 aromatic rings. The third-order valence-corrected chi connectivity index (χ3v) is 1.87. The second kappa shape index (κ2) is 3.96. The molecule has 1 N–H and O–H groups in total. The van der Waals surface area contributed by atoms with Gasteiger partial charge in [-0.15, -0.1) is 14.9 Å². The average molecular weight is 235 g/mol. The van der Waals surface area contributed by atoms with E-state index < -0.39 is 10.9 Å². The van der Waals surface area contributed by atoms with Crippen LogP contribution in [-0.4, -0.2) is 36.0 Å². The molecule has 0 saturated carbocycles. The van der Waals surface area contributed by atoms with Crippen molar-refractivity contribution in [3.63, 3.8) is 0 Å². The van der Waals surface area contributed by atoms with Crippen molar-refractivity contribution in [1.82, 2.24) is 20.0 Å². The van der Waals surface area contributed by atoms with Crippen LogP contribution in [0, 0.1) is 10.1 Å². The molecule has 0 fully saturated rings. The van der Waals surface area contributed by atoms with Gasteiger partial charge < -0.3 is 15.2 Å². The lowest BCUT2D eigenvalue weighted by Gasteiger charge is -1.95. The molecule has 0 aliphatic rings. The average Bonchev–Trinajstić information content (AvgIpc) is 2.78. The van der Waals surface area contributed by atoms with Crippen LogP contribution < -0.4 is 0 Å². The van der Waals surface area contributed by atoms with Crippen LogP contribution in [0.4, 0.5) is 5.82 Å². The first-order valence-corrected chi connectivity index (χ1v) is 4.35. The predicted molar refractivity (Wildman–Crippen MR) is 52.8 cm³/mol. The summed E-state index contributed by atoms with van der Waals surface area (Å²) < 4.78 is 1.14. The zero-order valence-corrected chi connectivity index (χ0v) is 8.22. The van der Waals surface area contributed by atoms with Gasteiger partial charge in [-0.3, -0.25) is 0 Å². The van der Waals surface area contributed by atoms with E-state index in [4.69, 9.17) is 5.11 Å².